The van der Waals surface area contributed by atoms with E-state index in [-0.39, 0.29) is 12.1 Å². The number of aliphatic hydroxyl groups excluding tert-OH is 1. The van der Waals surface area contributed by atoms with E-state index in [1.165, 1.54) is 0 Å². The predicted molar refractivity (Wildman–Crippen MR) is 61.4 cm³/mol. The van der Waals surface area contributed by atoms with Crippen LogP contribution in [0.3, 0.4) is 0 Å². The Morgan fingerprint density at radius 2 is 2.21 bits per heavy atom. The van der Waals surface area contributed by atoms with Crippen molar-refractivity contribution in [2.45, 2.75) is 31.4 Å². The highest BCUT2D eigenvalue weighted by atomic mass is 79.9. The second-order valence-electron chi connectivity index (χ2n) is 3.76. The predicted octanol–water partition coefficient (Wildman–Crippen LogP) is 2.77. The van der Waals surface area contributed by atoms with Crippen molar-refractivity contribution >= 4 is 21.6 Å². The van der Waals surface area contributed by atoms with Gasteiger partial charge in [0.15, 0.2) is 0 Å². The summed E-state index contributed by atoms with van der Waals surface area (Å²) in [6.07, 6.45) is 2.92. The van der Waals surface area contributed by atoms with Crippen molar-refractivity contribution in [3.63, 3.8) is 0 Å². The van der Waals surface area contributed by atoms with Crippen LogP contribution in [0.15, 0.2) is 28.7 Å². The summed E-state index contributed by atoms with van der Waals surface area (Å²) in [5.41, 5.74) is 1.07. The molecule has 0 bridgehead atoms. The first-order chi connectivity index (χ1) is 6.75. The van der Waals surface area contributed by atoms with Gasteiger partial charge in [-0.25, -0.2) is 0 Å². The van der Waals surface area contributed by atoms with Crippen LogP contribution in [0.1, 0.15) is 19.3 Å². The van der Waals surface area contributed by atoms with E-state index >= 15 is 0 Å². The Balaban J connectivity index is 2.03. The van der Waals surface area contributed by atoms with Crippen LogP contribution in [-0.2, 0) is 0 Å². The number of hydrogen-bond acceptors (Lipinski definition) is 2. The van der Waals surface area contributed by atoms with Crippen LogP contribution in [0.25, 0.3) is 0 Å². The van der Waals surface area contributed by atoms with Crippen LogP contribution in [0.5, 0.6) is 0 Å². The number of aliphatic hydroxyl groups is 1. The van der Waals surface area contributed by atoms with Gasteiger partial charge >= 0.3 is 0 Å². The van der Waals surface area contributed by atoms with E-state index in [9.17, 15) is 5.11 Å². The number of rotatable bonds is 2. The van der Waals surface area contributed by atoms with Crippen molar-refractivity contribution in [2.75, 3.05) is 5.32 Å². The molecule has 1 aliphatic rings. The van der Waals surface area contributed by atoms with Crippen molar-refractivity contribution in [2.24, 2.45) is 0 Å². The van der Waals surface area contributed by atoms with Crippen LogP contribution in [0, 0.1) is 0 Å². The van der Waals surface area contributed by atoms with Gasteiger partial charge in [0.05, 0.1) is 12.1 Å². The summed E-state index contributed by atoms with van der Waals surface area (Å²) in [6.45, 7) is 0. The van der Waals surface area contributed by atoms with Crippen molar-refractivity contribution in [1.29, 1.82) is 0 Å². The van der Waals surface area contributed by atoms with Gasteiger partial charge in [0.25, 0.3) is 0 Å². The molecule has 0 radical (unpaired) electrons. The first-order valence-corrected chi connectivity index (χ1v) is 5.75. The minimum Gasteiger partial charge on any atom is -0.391 e. The lowest BCUT2D eigenvalue weighted by Gasteiger charge is -2.17. The van der Waals surface area contributed by atoms with E-state index in [0.29, 0.717) is 0 Å². The van der Waals surface area contributed by atoms with Gasteiger partial charge in [0, 0.05) is 10.2 Å². The standard InChI is InChI=1S/C11H14BrNO/c12-8-3-1-4-9(7-8)13-10-5-2-6-11(10)14/h1,3-4,7,10-11,13-14H,2,5-6H2/t10-,11-/m0/s1. The average molecular weight is 256 g/mol. The van der Waals surface area contributed by atoms with Crippen molar-refractivity contribution in [1.82, 2.24) is 0 Å². The molecule has 1 aliphatic carbocycles. The van der Waals surface area contributed by atoms with E-state index in [0.717, 1.165) is 29.4 Å². The minimum atomic E-state index is -0.186. The third-order valence-corrected chi connectivity index (χ3v) is 3.15. The number of hydrogen-bond donors (Lipinski definition) is 2. The van der Waals surface area contributed by atoms with Gasteiger partial charge in [-0.3, -0.25) is 0 Å². The number of nitrogens with one attached hydrogen (secondary N) is 1. The SMILES string of the molecule is O[C@H]1CCC[C@@H]1Nc1cccc(Br)c1. The van der Waals surface area contributed by atoms with E-state index in [2.05, 4.69) is 21.2 Å². The zero-order valence-electron chi connectivity index (χ0n) is 7.91. The van der Waals surface area contributed by atoms with Crippen LogP contribution in [0.2, 0.25) is 0 Å². The lowest BCUT2D eigenvalue weighted by atomic mass is 10.2. The van der Waals surface area contributed by atoms with Gasteiger partial charge in [-0.05, 0) is 37.5 Å². The summed E-state index contributed by atoms with van der Waals surface area (Å²) in [7, 11) is 0. The fourth-order valence-electron chi connectivity index (χ4n) is 1.90. The number of anilines is 1. The van der Waals surface area contributed by atoms with Crippen LogP contribution >= 0.6 is 15.9 Å². The molecule has 1 aromatic carbocycles. The summed E-state index contributed by atoms with van der Waals surface area (Å²) in [4.78, 5) is 0. The zero-order chi connectivity index (χ0) is 9.97. The van der Waals surface area contributed by atoms with Crippen molar-refractivity contribution in [3.05, 3.63) is 28.7 Å². The molecule has 0 amide bonds. The van der Waals surface area contributed by atoms with Crippen molar-refractivity contribution in [3.8, 4) is 0 Å². The largest absolute Gasteiger partial charge is 0.391 e. The summed E-state index contributed by atoms with van der Waals surface area (Å²) in [5, 5.41) is 13.0. The highest BCUT2D eigenvalue weighted by molar-refractivity contribution is 9.10. The monoisotopic (exact) mass is 255 g/mol. The third-order valence-electron chi connectivity index (χ3n) is 2.66. The Morgan fingerprint density at radius 1 is 1.36 bits per heavy atom. The molecule has 2 nitrogen and oxygen atoms in total. The molecule has 3 heteroatoms. The Bertz CT molecular complexity index is 316. The fraction of sp³-hybridized carbons (Fsp3) is 0.455. The van der Waals surface area contributed by atoms with Gasteiger partial charge in [-0.2, -0.15) is 0 Å². The molecular formula is C11H14BrNO. The molecule has 1 aromatic rings. The Morgan fingerprint density at radius 3 is 2.86 bits per heavy atom. The molecule has 0 aliphatic heterocycles. The lowest BCUT2D eigenvalue weighted by molar-refractivity contribution is 0.172. The molecule has 76 valence electrons. The smallest absolute Gasteiger partial charge is 0.0741 e. The van der Waals surface area contributed by atoms with Crippen LogP contribution in [0.4, 0.5) is 5.69 Å². The molecule has 0 heterocycles. The highest BCUT2D eigenvalue weighted by Gasteiger charge is 2.24. The number of halogens is 1. The van der Waals surface area contributed by atoms with Gasteiger partial charge in [0.1, 0.15) is 0 Å². The molecule has 0 unspecified atom stereocenters. The lowest BCUT2D eigenvalue weighted by Crippen LogP contribution is -2.27. The highest BCUT2D eigenvalue weighted by Crippen LogP contribution is 2.24. The Hall–Kier alpha value is -0.540. The van der Waals surface area contributed by atoms with Crippen LogP contribution < -0.4 is 5.32 Å². The zero-order valence-corrected chi connectivity index (χ0v) is 9.50. The molecular weight excluding hydrogens is 242 g/mol. The Labute approximate surface area is 92.5 Å². The van der Waals surface area contributed by atoms with Crippen LogP contribution in [-0.4, -0.2) is 17.3 Å². The van der Waals surface area contributed by atoms with Gasteiger partial charge < -0.3 is 10.4 Å². The van der Waals surface area contributed by atoms with Crippen molar-refractivity contribution < 1.29 is 5.11 Å². The normalized spacial score (nSPS) is 26.4. The second kappa shape index (κ2) is 4.32. The molecule has 2 rings (SSSR count). The third kappa shape index (κ3) is 2.28. The van der Waals surface area contributed by atoms with E-state index in [1.54, 1.807) is 0 Å². The first kappa shape index (κ1) is 9.99. The topological polar surface area (TPSA) is 32.3 Å². The van der Waals surface area contributed by atoms with E-state index in [1.807, 2.05) is 24.3 Å². The number of benzene rings is 1. The molecule has 1 fully saturated rings. The first-order valence-electron chi connectivity index (χ1n) is 4.96. The maximum Gasteiger partial charge on any atom is 0.0741 e. The molecule has 14 heavy (non-hydrogen) atoms. The minimum absolute atomic E-state index is 0.186. The molecule has 0 aromatic heterocycles. The van der Waals surface area contributed by atoms with Gasteiger partial charge in [0.2, 0.25) is 0 Å². The van der Waals surface area contributed by atoms with Gasteiger partial charge in [-0.1, -0.05) is 22.0 Å². The fourth-order valence-corrected chi connectivity index (χ4v) is 2.30. The Kier molecular flexibility index (Phi) is 3.08. The molecule has 2 N–H and O–H groups in total. The molecule has 1 saturated carbocycles. The summed E-state index contributed by atoms with van der Waals surface area (Å²) >= 11 is 3.42. The average Bonchev–Trinajstić information content (AvgIpc) is 2.52. The summed E-state index contributed by atoms with van der Waals surface area (Å²) in [6, 6.07) is 8.27. The van der Waals surface area contributed by atoms with E-state index < -0.39 is 0 Å². The second-order valence-corrected chi connectivity index (χ2v) is 4.68. The molecule has 2 atom stereocenters. The van der Waals surface area contributed by atoms with Gasteiger partial charge in [-0.15, -0.1) is 0 Å². The van der Waals surface area contributed by atoms with E-state index in [4.69, 9.17) is 0 Å². The summed E-state index contributed by atoms with van der Waals surface area (Å²) < 4.78 is 1.06. The quantitative estimate of drug-likeness (QED) is 0.852. The summed E-state index contributed by atoms with van der Waals surface area (Å²) in [5.74, 6) is 0. The maximum absolute atomic E-state index is 9.65. The maximum atomic E-state index is 9.65. The molecule has 0 saturated heterocycles. The molecule has 0 spiro atoms.